The van der Waals surface area contributed by atoms with E-state index >= 15 is 0 Å². The van der Waals surface area contributed by atoms with E-state index in [9.17, 15) is 0 Å². The van der Waals surface area contributed by atoms with Gasteiger partial charge in [-0.3, -0.25) is 0 Å². The van der Waals surface area contributed by atoms with Gasteiger partial charge in [0.05, 0.1) is 5.54 Å². The molecule has 2 N–H and O–H groups in total. The van der Waals surface area contributed by atoms with Crippen molar-refractivity contribution in [3.63, 3.8) is 0 Å². The Hall–Kier alpha value is -0.900. The highest BCUT2D eigenvalue weighted by Crippen LogP contribution is 2.32. The molecule has 12 heavy (non-hydrogen) atoms. The van der Waals surface area contributed by atoms with Gasteiger partial charge in [-0.25, -0.2) is 0 Å². The van der Waals surface area contributed by atoms with Crippen molar-refractivity contribution in [2.45, 2.75) is 37.6 Å². The summed E-state index contributed by atoms with van der Waals surface area (Å²) in [4.78, 5) is 4.01. The summed E-state index contributed by atoms with van der Waals surface area (Å²) in [5.41, 5.74) is 5.83. The van der Waals surface area contributed by atoms with E-state index in [0.717, 1.165) is 12.8 Å². The van der Waals surface area contributed by atoms with Crippen LogP contribution in [0.2, 0.25) is 0 Å². The number of nitrogens with zero attached hydrogens (tertiary/aromatic N) is 2. The van der Waals surface area contributed by atoms with Crippen LogP contribution in [0.25, 0.3) is 0 Å². The molecule has 66 valence electrons. The first-order valence-electron chi connectivity index (χ1n) is 4.37. The van der Waals surface area contributed by atoms with E-state index in [4.69, 9.17) is 10.3 Å². The van der Waals surface area contributed by atoms with E-state index in [0.29, 0.717) is 5.82 Å². The molecule has 0 spiro atoms. The first kappa shape index (κ1) is 7.73. The van der Waals surface area contributed by atoms with Crippen molar-refractivity contribution in [2.75, 3.05) is 0 Å². The minimum atomic E-state index is -0.314. The summed E-state index contributed by atoms with van der Waals surface area (Å²) in [5, 5.41) is 3.80. The van der Waals surface area contributed by atoms with Crippen molar-refractivity contribution in [2.24, 2.45) is 5.73 Å². The van der Waals surface area contributed by atoms with Crippen LogP contribution in [0.3, 0.4) is 0 Å². The van der Waals surface area contributed by atoms with Crippen molar-refractivity contribution in [3.8, 4) is 0 Å². The van der Waals surface area contributed by atoms with Gasteiger partial charge in [-0.2, -0.15) is 4.98 Å². The highest BCUT2D eigenvalue weighted by molar-refractivity contribution is 5.02. The molecule has 0 unspecified atom stereocenters. The molecule has 4 nitrogen and oxygen atoms in total. The van der Waals surface area contributed by atoms with Crippen LogP contribution in [0.1, 0.15) is 37.9 Å². The van der Waals surface area contributed by atoms with Gasteiger partial charge in [0.15, 0.2) is 5.82 Å². The van der Waals surface area contributed by atoms with Crippen LogP contribution in [0, 0.1) is 0 Å². The predicted octanol–water partition coefficient (Wildman–Crippen LogP) is 1.19. The fraction of sp³-hybridized carbons (Fsp3) is 0.750. The molecule has 0 amide bonds. The normalized spacial score (nSPS) is 22.4. The second-order valence-corrected chi connectivity index (χ2v) is 3.47. The number of aromatic nitrogens is 2. The van der Waals surface area contributed by atoms with Gasteiger partial charge in [0, 0.05) is 0 Å². The predicted molar refractivity (Wildman–Crippen MR) is 43.2 cm³/mol. The standard InChI is InChI=1S/C8H13N3O/c9-8(4-2-1-3-5-8)7-10-6-12-11-7/h6H,1-5,9H2. The molecule has 0 aliphatic heterocycles. The minimum Gasteiger partial charge on any atom is -0.343 e. The number of hydrogen-bond acceptors (Lipinski definition) is 4. The Kier molecular flexibility index (Phi) is 1.84. The lowest BCUT2D eigenvalue weighted by Crippen LogP contribution is -2.39. The molecule has 2 rings (SSSR count). The fourth-order valence-corrected chi connectivity index (χ4v) is 1.80. The molecule has 0 radical (unpaired) electrons. The van der Waals surface area contributed by atoms with E-state index < -0.39 is 0 Å². The lowest BCUT2D eigenvalue weighted by molar-refractivity contribution is 0.274. The molecule has 1 saturated carbocycles. The summed E-state index contributed by atoms with van der Waals surface area (Å²) < 4.78 is 4.69. The second-order valence-electron chi connectivity index (χ2n) is 3.47. The van der Waals surface area contributed by atoms with Crippen molar-refractivity contribution >= 4 is 0 Å². The molecule has 1 heterocycles. The van der Waals surface area contributed by atoms with E-state index in [1.165, 1.54) is 25.7 Å². The highest BCUT2D eigenvalue weighted by atomic mass is 16.5. The number of hydrogen-bond donors (Lipinski definition) is 1. The first-order chi connectivity index (χ1) is 5.81. The lowest BCUT2D eigenvalue weighted by Gasteiger charge is -2.29. The van der Waals surface area contributed by atoms with Crippen LogP contribution in [0.15, 0.2) is 10.9 Å². The van der Waals surface area contributed by atoms with Gasteiger partial charge >= 0.3 is 0 Å². The molecule has 1 fully saturated rings. The zero-order chi connectivity index (χ0) is 8.44. The van der Waals surface area contributed by atoms with Crippen molar-refractivity contribution in [3.05, 3.63) is 12.2 Å². The van der Waals surface area contributed by atoms with Crippen LogP contribution < -0.4 is 5.73 Å². The molecule has 1 aliphatic carbocycles. The molecule has 0 aromatic carbocycles. The summed E-state index contributed by atoms with van der Waals surface area (Å²) >= 11 is 0. The Bertz CT molecular complexity index is 239. The van der Waals surface area contributed by atoms with E-state index in [2.05, 4.69) is 10.1 Å². The van der Waals surface area contributed by atoms with Crippen LogP contribution >= 0.6 is 0 Å². The van der Waals surface area contributed by atoms with E-state index in [1.54, 1.807) is 0 Å². The zero-order valence-corrected chi connectivity index (χ0v) is 6.99. The molecular formula is C8H13N3O. The van der Waals surface area contributed by atoms with E-state index in [1.807, 2.05) is 0 Å². The zero-order valence-electron chi connectivity index (χ0n) is 6.99. The van der Waals surface area contributed by atoms with Gasteiger partial charge in [-0.05, 0) is 12.8 Å². The number of rotatable bonds is 1. The largest absolute Gasteiger partial charge is 0.343 e. The average molecular weight is 167 g/mol. The molecular weight excluding hydrogens is 154 g/mol. The van der Waals surface area contributed by atoms with Gasteiger partial charge in [0.1, 0.15) is 0 Å². The average Bonchev–Trinajstić information content (AvgIpc) is 2.58. The maximum atomic E-state index is 6.14. The Labute approximate surface area is 71.1 Å². The fourth-order valence-electron chi connectivity index (χ4n) is 1.80. The smallest absolute Gasteiger partial charge is 0.213 e. The van der Waals surface area contributed by atoms with Crippen LogP contribution in [0.4, 0.5) is 0 Å². The van der Waals surface area contributed by atoms with Crippen molar-refractivity contribution < 1.29 is 4.52 Å². The highest BCUT2D eigenvalue weighted by Gasteiger charge is 2.33. The second kappa shape index (κ2) is 2.86. The van der Waals surface area contributed by atoms with Crippen LogP contribution in [-0.2, 0) is 5.54 Å². The SMILES string of the molecule is NC1(c2ncon2)CCCCC1. The van der Waals surface area contributed by atoms with Gasteiger partial charge < -0.3 is 10.3 Å². The Morgan fingerprint density at radius 3 is 2.67 bits per heavy atom. The Balaban J connectivity index is 2.19. The van der Waals surface area contributed by atoms with Crippen LogP contribution in [-0.4, -0.2) is 10.1 Å². The molecule has 4 heteroatoms. The van der Waals surface area contributed by atoms with Crippen molar-refractivity contribution in [1.82, 2.24) is 10.1 Å². The summed E-state index contributed by atoms with van der Waals surface area (Å²) in [6, 6.07) is 0. The molecule has 0 bridgehead atoms. The Morgan fingerprint density at radius 1 is 1.33 bits per heavy atom. The Morgan fingerprint density at radius 2 is 2.08 bits per heavy atom. The maximum absolute atomic E-state index is 6.14. The third kappa shape index (κ3) is 1.22. The topological polar surface area (TPSA) is 64.9 Å². The lowest BCUT2D eigenvalue weighted by atomic mass is 9.82. The third-order valence-corrected chi connectivity index (χ3v) is 2.55. The number of nitrogens with two attached hydrogens (primary N) is 1. The molecule has 1 aromatic heterocycles. The van der Waals surface area contributed by atoms with Gasteiger partial charge in [-0.15, -0.1) is 0 Å². The summed E-state index contributed by atoms with van der Waals surface area (Å²) in [6.07, 6.45) is 6.92. The first-order valence-corrected chi connectivity index (χ1v) is 4.37. The van der Waals surface area contributed by atoms with Crippen molar-refractivity contribution in [1.29, 1.82) is 0 Å². The minimum absolute atomic E-state index is 0.314. The monoisotopic (exact) mass is 167 g/mol. The summed E-state index contributed by atoms with van der Waals surface area (Å²) in [6.45, 7) is 0. The third-order valence-electron chi connectivity index (χ3n) is 2.55. The molecule has 1 aromatic rings. The molecule has 1 aliphatic rings. The molecule has 0 atom stereocenters. The maximum Gasteiger partial charge on any atom is 0.213 e. The van der Waals surface area contributed by atoms with Gasteiger partial charge in [0.2, 0.25) is 6.39 Å². The van der Waals surface area contributed by atoms with E-state index in [-0.39, 0.29) is 5.54 Å². The summed E-state index contributed by atoms with van der Waals surface area (Å²) in [7, 11) is 0. The molecule has 0 saturated heterocycles. The van der Waals surface area contributed by atoms with Gasteiger partial charge in [0.25, 0.3) is 0 Å². The van der Waals surface area contributed by atoms with Crippen LogP contribution in [0.5, 0.6) is 0 Å². The van der Waals surface area contributed by atoms with Gasteiger partial charge in [-0.1, -0.05) is 24.4 Å². The summed E-state index contributed by atoms with van der Waals surface area (Å²) in [5.74, 6) is 0.669. The quantitative estimate of drug-likeness (QED) is 0.682.